The summed E-state index contributed by atoms with van der Waals surface area (Å²) in [6.07, 6.45) is 1.76. The van der Waals surface area contributed by atoms with Crippen molar-refractivity contribution in [3.05, 3.63) is 30.5 Å². The van der Waals surface area contributed by atoms with Gasteiger partial charge >= 0.3 is 0 Å². The lowest BCUT2D eigenvalue weighted by atomic mass is 10.2. The number of nitrogens with zero attached hydrogens (tertiary/aromatic N) is 2. The molecule has 0 bridgehead atoms. The Bertz CT molecular complexity index is 507. The highest BCUT2D eigenvalue weighted by Gasteiger charge is 2.06. The standard InChI is InChI=1S/C12H15N3O2/c1-17-7-6-13-12(16)9-15-11-5-3-2-4-10(11)8-14-15/h2-5,8H,6-7,9H2,1H3,(H,13,16). The lowest BCUT2D eigenvalue weighted by Gasteiger charge is -2.05. The fourth-order valence-corrected chi connectivity index (χ4v) is 1.64. The van der Waals surface area contributed by atoms with Crippen LogP contribution in [0.4, 0.5) is 0 Å². The minimum atomic E-state index is -0.0593. The molecule has 2 aromatic rings. The summed E-state index contributed by atoms with van der Waals surface area (Å²) in [7, 11) is 1.60. The van der Waals surface area contributed by atoms with Gasteiger partial charge in [-0.25, -0.2) is 0 Å². The second-order valence-corrected chi connectivity index (χ2v) is 3.70. The molecule has 0 aliphatic heterocycles. The third-order valence-electron chi connectivity index (χ3n) is 2.47. The molecule has 0 saturated carbocycles. The van der Waals surface area contributed by atoms with Crippen LogP contribution in [-0.2, 0) is 16.1 Å². The van der Waals surface area contributed by atoms with Gasteiger partial charge in [-0.05, 0) is 6.07 Å². The molecule has 0 saturated heterocycles. The number of amides is 1. The number of carbonyl (C=O) groups excluding carboxylic acids is 1. The van der Waals surface area contributed by atoms with Gasteiger partial charge in [-0.15, -0.1) is 0 Å². The van der Waals surface area contributed by atoms with E-state index < -0.39 is 0 Å². The van der Waals surface area contributed by atoms with Crippen LogP contribution >= 0.6 is 0 Å². The first-order valence-electron chi connectivity index (χ1n) is 5.47. The zero-order valence-electron chi connectivity index (χ0n) is 9.72. The molecule has 0 atom stereocenters. The molecule has 5 heteroatoms. The number of para-hydroxylation sites is 1. The Morgan fingerprint density at radius 2 is 2.29 bits per heavy atom. The molecule has 0 fully saturated rings. The van der Waals surface area contributed by atoms with Crippen molar-refractivity contribution in [1.29, 1.82) is 0 Å². The first kappa shape index (κ1) is 11.6. The molecule has 90 valence electrons. The van der Waals surface area contributed by atoms with Crippen molar-refractivity contribution in [2.24, 2.45) is 0 Å². The number of fused-ring (bicyclic) bond motifs is 1. The van der Waals surface area contributed by atoms with E-state index in [-0.39, 0.29) is 12.5 Å². The fourth-order valence-electron chi connectivity index (χ4n) is 1.64. The highest BCUT2D eigenvalue weighted by molar-refractivity contribution is 5.81. The molecular weight excluding hydrogens is 218 g/mol. The summed E-state index contributed by atoms with van der Waals surface area (Å²) < 4.78 is 6.55. The Morgan fingerprint density at radius 1 is 1.47 bits per heavy atom. The first-order chi connectivity index (χ1) is 8.31. The van der Waals surface area contributed by atoms with Crippen LogP contribution < -0.4 is 5.32 Å². The third kappa shape index (κ3) is 2.82. The van der Waals surface area contributed by atoms with Crippen LogP contribution in [0.15, 0.2) is 30.5 Å². The van der Waals surface area contributed by atoms with E-state index in [4.69, 9.17) is 4.74 Å². The molecule has 2 rings (SSSR count). The maximum absolute atomic E-state index is 11.6. The van der Waals surface area contributed by atoms with E-state index in [0.29, 0.717) is 13.2 Å². The van der Waals surface area contributed by atoms with Gasteiger partial charge in [0, 0.05) is 19.0 Å². The number of methoxy groups -OCH3 is 1. The molecule has 1 heterocycles. The van der Waals surface area contributed by atoms with E-state index in [9.17, 15) is 4.79 Å². The largest absolute Gasteiger partial charge is 0.383 e. The lowest BCUT2D eigenvalue weighted by Crippen LogP contribution is -2.30. The van der Waals surface area contributed by atoms with Crippen LogP contribution in [0.1, 0.15) is 0 Å². The number of nitrogens with one attached hydrogen (secondary N) is 1. The smallest absolute Gasteiger partial charge is 0.241 e. The SMILES string of the molecule is COCCNC(=O)Cn1ncc2ccccc21. The number of carbonyl (C=O) groups is 1. The number of rotatable bonds is 5. The van der Waals surface area contributed by atoms with Gasteiger partial charge in [0.15, 0.2) is 0 Å². The van der Waals surface area contributed by atoms with Crippen LogP contribution in [0.3, 0.4) is 0 Å². The van der Waals surface area contributed by atoms with Crippen molar-refractivity contribution < 1.29 is 9.53 Å². The third-order valence-corrected chi connectivity index (χ3v) is 2.47. The van der Waals surface area contributed by atoms with Gasteiger partial charge in [-0.1, -0.05) is 18.2 Å². The van der Waals surface area contributed by atoms with Crippen molar-refractivity contribution in [3.8, 4) is 0 Å². The molecule has 1 N–H and O–H groups in total. The lowest BCUT2D eigenvalue weighted by molar-refractivity contribution is -0.121. The van der Waals surface area contributed by atoms with E-state index in [0.717, 1.165) is 10.9 Å². The number of hydrogen-bond donors (Lipinski definition) is 1. The Balaban J connectivity index is 2.01. The van der Waals surface area contributed by atoms with Crippen LogP contribution in [0, 0.1) is 0 Å². The zero-order valence-corrected chi connectivity index (χ0v) is 9.72. The summed E-state index contributed by atoms with van der Waals surface area (Å²) in [5.74, 6) is -0.0593. The van der Waals surface area contributed by atoms with Gasteiger partial charge in [0.2, 0.25) is 5.91 Å². The predicted octanol–water partition coefficient (Wildman–Crippen LogP) is 0.799. The second kappa shape index (κ2) is 5.45. The van der Waals surface area contributed by atoms with Gasteiger partial charge in [0.1, 0.15) is 6.54 Å². The summed E-state index contributed by atoms with van der Waals surface area (Å²) in [6, 6.07) is 7.81. The van der Waals surface area contributed by atoms with Crippen LogP contribution in [0.25, 0.3) is 10.9 Å². The van der Waals surface area contributed by atoms with Gasteiger partial charge < -0.3 is 10.1 Å². The van der Waals surface area contributed by atoms with Gasteiger partial charge in [0.25, 0.3) is 0 Å². The molecule has 0 spiro atoms. The number of hydrogen-bond acceptors (Lipinski definition) is 3. The molecule has 5 nitrogen and oxygen atoms in total. The fraction of sp³-hybridized carbons (Fsp3) is 0.333. The molecule has 0 aliphatic carbocycles. The molecular formula is C12H15N3O2. The van der Waals surface area contributed by atoms with E-state index in [1.54, 1.807) is 18.0 Å². The summed E-state index contributed by atoms with van der Waals surface area (Å²) in [4.78, 5) is 11.6. The van der Waals surface area contributed by atoms with Gasteiger partial charge in [-0.3, -0.25) is 9.48 Å². The summed E-state index contributed by atoms with van der Waals surface area (Å²) in [6.45, 7) is 1.28. The van der Waals surface area contributed by atoms with E-state index >= 15 is 0 Å². The van der Waals surface area contributed by atoms with Crippen molar-refractivity contribution in [1.82, 2.24) is 15.1 Å². The highest BCUT2D eigenvalue weighted by atomic mass is 16.5. The van der Waals surface area contributed by atoms with E-state index in [2.05, 4.69) is 10.4 Å². The minimum absolute atomic E-state index is 0.0593. The average molecular weight is 233 g/mol. The zero-order chi connectivity index (χ0) is 12.1. The monoisotopic (exact) mass is 233 g/mol. The van der Waals surface area contributed by atoms with Crippen LogP contribution in [0.5, 0.6) is 0 Å². The van der Waals surface area contributed by atoms with Crippen molar-refractivity contribution in [2.75, 3.05) is 20.3 Å². The van der Waals surface area contributed by atoms with Crippen molar-refractivity contribution in [3.63, 3.8) is 0 Å². The first-order valence-corrected chi connectivity index (χ1v) is 5.47. The Labute approximate surface area is 99.4 Å². The maximum atomic E-state index is 11.6. The minimum Gasteiger partial charge on any atom is -0.383 e. The van der Waals surface area contributed by atoms with E-state index in [1.165, 1.54) is 0 Å². The normalized spacial score (nSPS) is 10.6. The van der Waals surface area contributed by atoms with Crippen LogP contribution in [-0.4, -0.2) is 35.9 Å². The predicted molar refractivity (Wildman–Crippen MR) is 64.6 cm³/mol. The molecule has 0 radical (unpaired) electrons. The van der Waals surface area contributed by atoms with Crippen LogP contribution in [0.2, 0.25) is 0 Å². The van der Waals surface area contributed by atoms with Crippen molar-refractivity contribution >= 4 is 16.8 Å². The number of aromatic nitrogens is 2. The molecule has 0 aliphatic rings. The van der Waals surface area contributed by atoms with Gasteiger partial charge in [0.05, 0.1) is 18.3 Å². The van der Waals surface area contributed by atoms with Gasteiger partial charge in [-0.2, -0.15) is 5.10 Å². The molecule has 17 heavy (non-hydrogen) atoms. The average Bonchev–Trinajstić information content (AvgIpc) is 2.73. The Morgan fingerprint density at radius 3 is 3.12 bits per heavy atom. The molecule has 1 amide bonds. The number of benzene rings is 1. The Kier molecular flexibility index (Phi) is 3.72. The molecule has 0 unspecified atom stereocenters. The summed E-state index contributed by atoms with van der Waals surface area (Å²) in [5.41, 5.74) is 0.967. The summed E-state index contributed by atoms with van der Waals surface area (Å²) >= 11 is 0. The molecule has 1 aromatic carbocycles. The topological polar surface area (TPSA) is 56.1 Å². The Hall–Kier alpha value is -1.88. The quantitative estimate of drug-likeness (QED) is 0.777. The molecule has 1 aromatic heterocycles. The van der Waals surface area contributed by atoms with E-state index in [1.807, 2.05) is 24.3 Å². The number of ether oxygens (including phenoxy) is 1. The maximum Gasteiger partial charge on any atom is 0.241 e. The highest BCUT2D eigenvalue weighted by Crippen LogP contribution is 2.11. The second-order valence-electron chi connectivity index (χ2n) is 3.70. The summed E-state index contributed by atoms with van der Waals surface area (Å²) in [5, 5.41) is 7.99. The van der Waals surface area contributed by atoms with Crippen molar-refractivity contribution in [2.45, 2.75) is 6.54 Å².